The van der Waals surface area contributed by atoms with Crippen LogP contribution in [0.25, 0.3) is 0 Å². The summed E-state index contributed by atoms with van der Waals surface area (Å²) in [5.41, 5.74) is 0. The van der Waals surface area contributed by atoms with E-state index in [-0.39, 0.29) is 0 Å². The van der Waals surface area contributed by atoms with Gasteiger partial charge in [-0.25, -0.2) is 0 Å². The summed E-state index contributed by atoms with van der Waals surface area (Å²) in [5.74, 6) is 0. The van der Waals surface area contributed by atoms with Crippen molar-refractivity contribution in [2.45, 2.75) is 3.98 Å². The zero-order chi connectivity index (χ0) is 4.50. The van der Waals surface area contributed by atoms with Crippen LogP contribution < -0.4 is 0 Å². The van der Waals surface area contributed by atoms with Gasteiger partial charge in [-0.3, -0.25) is 0 Å². The van der Waals surface area contributed by atoms with Gasteiger partial charge in [-0.1, -0.05) is 34.8 Å². The Bertz CT molecular complexity index is 22.4. The topological polar surface area (TPSA) is 19.9 Å². The van der Waals surface area contributed by atoms with Gasteiger partial charge < -0.3 is 0 Å². The van der Waals surface area contributed by atoms with Crippen LogP contribution in [-0.4, -0.2) is 3.98 Å². The van der Waals surface area contributed by atoms with Gasteiger partial charge in [0.2, 0.25) is 0 Å². The lowest BCUT2D eigenvalue weighted by Crippen LogP contribution is -1.91. The number of hydrogen-bond donors (Lipinski definition) is 0. The summed E-state index contributed by atoms with van der Waals surface area (Å²) in [6.45, 7) is 0. The second-order valence-electron chi connectivity index (χ2n) is 0.446. The lowest BCUT2D eigenvalue weighted by molar-refractivity contribution is 0.190. The maximum absolute atomic E-state index is 9.40. The van der Waals surface area contributed by atoms with E-state index in [1.165, 1.54) is 0 Å². The largest absolute Gasteiger partial charge is 0.326 e. The molecule has 1 nitrogen and oxygen atoms in total. The van der Waals surface area contributed by atoms with Crippen LogP contribution >= 0.6 is 34.8 Å². The van der Waals surface area contributed by atoms with Crippen molar-refractivity contribution in [1.29, 1.82) is 0 Å². The second kappa shape index (κ2) is 1.52. The predicted molar refractivity (Wildman–Crippen MR) is 21.0 cm³/mol. The molecule has 0 unspecified atom stereocenters. The average Bonchev–Trinajstić information content (AvgIpc) is 0.722. The molecule has 0 rings (SSSR count). The SMILES string of the molecule is [O]C(Cl)(Cl)Cl. The van der Waals surface area contributed by atoms with E-state index in [0.717, 1.165) is 0 Å². The Balaban J connectivity index is 3.02. The average molecular weight is 134 g/mol. The number of rotatable bonds is 0. The smallest absolute Gasteiger partial charge is 0.175 e. The highest BCUT2D eigenvalue weighted by Crippen LogP contribution is 2.21. The first-order valence-electron chi connectivity index (χ1n) is 0.771. The van der Waals surface area contributed by atoms with Crippen molar-refractivity contribution in [3.63, 3.8) is 0 Å². The van der Waals surface area contributed by atoms with Crippen LogP contribution in [0, 0.1) is 0 Å². The Morgan fingerprint density at radius 3 is 1.20 bits per heavy atom. The van der Waals surface area contributed by atoms with Gasteiger partial charge in [0.1, 0.15) is 0 Å². The van der Waals surface area contributed by atoms with E-state index in [1.54, 1.807) is 0 Å². The van der Waals surface area contributed by atoms with Crippen LogP contribution in [0.15, 0.2) is 0 Å². The monoisotopic (exact) mass is 133 g/mol. The molecule has 0 aromatic carbocycles. The van der Waals surface area contributed by atoms with E-state index in [2.05, 4.69) is 34.8 Å². The number of halogens is 3. The molecule has 0 aliphatic carbocycles. The van der Waals surface area contributed by atoms with Crippen LogP contribution in [0.2, 0.25) is 0 Å². The maximum Gasteiger partial charge on any atom is 0.326 e. The molecule has 0 saturated carbocycles. The van der Waals surface area contributed by atoms with E-state index in [1.807, 2.05) is 0 Å². The van der Waals surface area contributed by atoms with Crippen LogP contribution in [0.5, 0.6) is 0 Å². The van der Waals surface area contributed by atoms with Crippen LogP contribution in [0.4, 0.5) is 0 Å². The van der Waals surface area contributed by atoms with Gasteiger partial charge in [0, 0.05) is 0 Å². The Kier molecular flexibility index (Phi) is 1.77. The molecule has 0 heterocycles. The summed E-state index contributed by atoms with van der Waals surface area (Å²) in [5, 5.41) is 9.40. The maximum atomic E-state index is 9.40. The van der Waals surface area contributed by atoms with Crippen LogP contribution in [-0.2, 0) is 5.11 Å². The Morgan fingerprint density at radius 2 is 1.20 bits per heavy atom. The van der Waals surface area contributed by atoms with Crippen LogP contribution in [0.3, 0.4) is 0 Å². The Labute approximate surface area is 44.4 Å². The lowest BCUT2D eigenvalue weighted by atomic mass is 11.7. The molecule has 0 N–H and O–H groups in total. The van der Waals surface area contributed by atoms with E-state index >= 15 is 0 Å². The number of hydrogen-bond acceptors (Lipinski definition) is 0. The molecule has 4 heteroatoms. The van der Waals surface area contributed by atoms with Crippen molar-refractivity contribution < 1.29 is 5.11 Å². The zero-order valence-corrected chi connectivity index (χ0v) is 4.31. The molecule has 0 aromatic heterocycles. The van der Waals surface area contributed by atoms with Gasteiger partial charge in [-0.05, 0) is 0 Å². The number of alkyl halides is 3. The molecule has 0 aromatic rings. The van der Waals surface area contributed by atoms with Crippen molar-refractivity contribution in [1.82, 2.24) is 0 Å². The molecule has 0 spiro atoms. The standard InChI is InChI=1S/CCl3O/c2-1(3,4)5. The van der Waals surface area contributed by atoms with E-state index in [9.17, 15) is 5.11 Å². The third-order valence-electron chi connectivity index (χ3n) is 0. The molecule has 0 atom stereocenters. The molecule has 0 amide bonds. The molecule has 5 heavy (non-hydrogen) atoms. The molecule has 0 aliphatic rings. The quantitative estimate of drug-likeness (QED) is 0.450. The van der Waals surface area contributed by atoms with E-state index in [4.69, 9.17) is 0 Å². The van der Waals surface area contributed by atoms with Crippen molar-refractivity contribution in [2.75, 3.05) is 0 Å². The van der Waals surface area contributed by atoms with E-state index < -0.39 is 3.98 Å². The van der Waals surface area contributed by atoms with E-state index in [0.29, 0.717) is 0 Å². The third-order valence-corrected chi connectivity index (χ3v) is 0. The minimum absolute atomic E-state index is 2.33. The summed E-state index contributed by atoms with van der Waals surface area (Å²) in [4.78, 5) is 0. The fourth-order valence-electron chi connectivity index (χ4n) is 0. The molecule has 31 valence electrons. The van der Waals surface area contributed by atoms with Gasteiger partial charge in [0.05, 0.1) is 0 Å². The second-order valence-corrected chi connectivity index (χ2v) is 2.62. The van der Waals surface area contributed by atoms with Crippen molar-refractivity contribution >= 4 is 34.8 Å². The molecule has 0 bridgehead atoms. The summed E-state index contributed by atoms with van der Waals surface area (Å²) < 4.78 is -2.33. The Hall–Kier alpha value is 0.830. The molecule has 0 fully saturated rings. The summed E-state index contributed by atoms with van der Waals surface area (Å²) in [7, 11) is 0. The van der Waals surface area contributed by atoms with Gasteiger partial charge in [0.25, 0.3) is 0 Å². The first-order valence-corrected chi connectivity index (χ1v) is 1.90. The fraction of sp³-hybridized carbons (Fsp3) is 1.00. The fourth-order valence-corrected chi connectivity index (χ4v) is 0. The van der Waals surface area contributed by atoms with Crippen molar-refractivity contribution in [2.24, 2.45) is 0 Å². The molecule has 1 radical (unpaired) electrons. The summed E-state index contributed by atoms with van der Waals surface area (Å²) >= 11 is 13.5. The highest BCUT2D eigenvalue weighted by molar-refractivity contribution is 6.65. The summed E-state index contributed by atoms with van der Waals surface area (Å²) in [6.07, 6.45) is 0. The highest BCUT2D eigenvalue weighted by atomic mass is 35.6. The third kappa shape index (κ3) is 56.2. The van der Waals surface area contributed by atoms with Crippen LogP contribution in [0.1, 0.15) is 0 Å². The van der Waals surface area contributed by atoms with Gasteiger partial charge >= 0.3 is 3.98 Å². The Morgan fingerprint density at radius 1 is 1.20 bits per heavy atom. The van der Waals surface area contributed by atoms with Gasteiger partial charge in [-0.15, -0.1) is 0 Å². The lowest BCUT2D eigenvalue weighted by Gasteiger charge is -1.89. The zero-order valence-electron chi connectivity index (χ0n) is 2.04. The van der Waals surface area contributed by atoms with Crippen molar-refractivity contribution in [3.8, 4) is 0 Å². The predicted octanol–water partition coefficient (Wildman–Crippen LogP) is 1.74. The first kappa shape index (κ1) is 5.83. The van der Waals surface area contributed by atoms with Gasteiger partial charge in [0.15, 0.2) is 0 Å². The van der Waals surface area contributed by atoms with Gasteiger partial charge in [-0.2, -0.15) is 5.11 Å². The first-order chi connectivity index (χ1) is 2.00. The normalized spacial score (nSPS) is 12.0. The minimum Gasteiger partial charge on any atom is -0.175 e. The summed E-state index contributed by atoms with van der Waals surface area (Å²) in [6, 6.07) is 0. The molecule has 0 saturated heterocycles. The minimum atomic E-state index is -2.33. The molecule has 0 aliphatic heterocycles. The molecular formula is CCl3O. The molecular weight excluding hydrogens is 134 g/mol. The highest BCUT2D eigenvalue weighted by Gasteiger charge is 2.13. The van der Waals surface area contributed by atoms with Crippen molar-refractivity contribution in [3.05, 3.63) is 0 Å².